The molecule has 0 aromatic rings. The lowest BCUT2D eigenvalue weighted by Gasteiger charge is -2.40. The molecule has 1 fully saturated rings. The lowest BCUT2D eigenvalue weighted by molar-refractivity contribution is -0.228. The summed E-state index contributed by atoms with van der Waals surface area (Å²) in [7, 11) is 0. The molecule has 1 heterocycles. The molecular weight excluding hydrogens is 284 g/mol. The number of allylic oxidation sites excluding steroid dienone is 4. The van der Waals surface area contributed by atoms with Gasteiger partial charge in [-0.25, -0.2) is 0 Å². The van der Waals surface area contributed by atoms with Crippen molar-refractivity contribution in [3.63, 3.8) is 0 Å². The van der Waals surface area contributed by atoms with Crippen molar-refractivity contribution in [1.82, 2.24) is 0 Å². The van der Waals surface area contributed by atoms with Gasteiger partial charge in [-0.1, -0.05) is 44.2 Å². The van der Waals surface area contributed by atoms with E-state index in [9.17, 15) is 15.3 Å². The fraction of sp³-hybridized carbons (Fsp3) is 0.647. The Hall–Kier alpha value is -0.980. The summed E-state index contributed by atoms with van der Waals surface area (Å²) in [6, 6.07) is 0. The molecule has 5 nitrogen and oxygen atoms in total. The van der Waals surface area contributed by atoms with Crippen molar-refractivity contribution >= 4 is 0 Å². The van der Waals surface area contributed by atoms with Crippen molar-refractivity contribution in [2.75, 3.05) is 6.61 Å². The van der Waals surface area contributed by atoms with E-state index in [4.69, 9.17) is 9.84 Å². The van der Waals surface area contributed by atoms with Gasteiger partial charge in [0, 0.05) is 6.42 Å². The van der Waals surface area contributed by atoms with Crippen LogP contribution in [0.25, 0.3) is 0 Å². The van der Waals surface area contributed by atoms with Gasteiger partial charge in [0.25, 0.3) is 0 Å². The number of hydrogen-bond acceptors (Lipinski definition) is 5. The maximum atomic E-state index is 9.99. The van der Waals surface area contributed by atoms with Gasteiger partial charge < -0.3 is 25.2 Å². The molecule has 5 unspecified atom stereocenters. The molecule has 0 aromatic carbocycles. The molecule has 0 radical (unpaired) electrons. The third-order valence-electron chi connectivity index (χ3n) is 3.97. The van der Waals surface area contributed by atoms with Crippen molar-refractivity contribution in [2.45, 2.75) is 57.7 Å². The van der Waals surface area contributed by atoms with E-state index in [1.165, 1.54) is 5.57 Å². The molecule has 0 aromatic heterocycles. The predicted molar refractivity (Wildman–Crippen MR) is 85.3 cm³/mol. The van der Waals surface area contributed by atoms with Crippen molar-refractivity contribution in [3.05, 3.63) is 36.0 Å². The molecule has 0 spiro atoms. The Balaban J connectivity index is 2.69. The van der Waals surface area contributed by atoms with Gasteiger partial charge in [-0.05, 0) is 18.4 Å². The molecule has 5 atom stereocenters. The van der Waals surface area contributed by atoms with E-state index < -0.39 is 37.1 Å². The van der Waals surface area contributed by atoms with Crippen LogP contribution in [0.15, 0.2) is 36.0 Å². The molecule has 0 amide bonds. The second kappa shape index (κ2) is 8.60. The molecule has 1 aliphatic heterocycles. The highest BCUT2D eigenvalue weighted by Crippen LogP contribution is 2.25. The summed E-state index contributed by atoms with van der Waals surface area (Å²) in [5, 5.41) is 38.7. The molecule has 1 saturated heterocycles. The van der Waals surface area contributed by atoms with E-state index in [2.05, 4.69) is 20.4 Å². The summed E-state index contributed by atoms with van der Waals surface area (Å²) < 4.78 is 5.46. The zero-order chi connectivity index (χ0) is 16.9. The maximum Gasteiger partial charge on any atom is 0.111 e. The standard InChI is InChI=1S/C17H28O5/c1-5-12(10(2)3)7-6-11(4)8-13-15(19)17(21)16(20)14(9-18)22-13/h5-7,10,13-21H,4,8-9H2,1-3H3/b7-6-,12-5+. The second-order valence-electron chi connectivity index (χ2n) is 6.01. The first-order chi connectivity index (χ1) is 10.3. The van der Waals surface area contributed by atoms with Crippen molar-refractivity contribution in [1.29, 1.82) is 0 Å². The summed E-state index contributed by atoms with van der Waals surface area (Å²) in [4.78, 5) is 0. The first kappa shape index (κ1) is 19.1. The monoisotopic (exact) mass is 312 g/mol. The van der Waals surface area contributed by atoms with E-state index in [1.807, 2.05) is 25.2 Å². The topological polar surface area (TPSA) is 90.2 Å². The van der Waals surface area contributed by atoms with Gasteiger partial charge in [-0.3, -0.25) is 0 Å². The van der Waals surface area contributed by atoms with E-state index in [0.29, 0.717) is 12.3 Å². The Kier molecular flexibility index (Phi) is 7.45. The van der Waals surface area contributed by atoms with Crippen LogP contribution in [0.5, 0.6) is 0 Å². The van der Waals surface area contributed by atoms with Crippen LogP contribution in [0, 0.1) is 5.92 Å². The number of aliphatic hydroxyl groups excluding tert-OH is 4. The zero-order valence-corrected chi connectivity index (χ0v) is 13.5. The van der Waals surface area contributed by atoms with Gasteiger partial charge in [0.1, 0.15) is 24.4 Å². The third-order valence-corrected chi connectivity index (χ3v) is 3.97. The number of aliphatic hydroxyl groups is 4. The molecule has 1 aliphatic rings. The van der Waals surface area contributed by atoms with Crippen LogP contribution >= 0.6 is 0 Å². The van der Waals surface area contributed by atoms with Crippen LogP contribution in [-0.4, -0.2) is 57.6 Å². The molecule has 0 bridgehead atoms. The summed E-state index contributed by atoms with van der Waals surface area (Å²) in [5.74, 6) is 0.404. The molecule has 126 valence electrons. The average molecular weight is 312 g/mol. The molecule has 4 N–H and O–H groups in total. The third kappa shape index (κ3) is 4.76. The SMILES string of the molecule is C=C(/C=C\C(=C/C)C(C)C)CC1OC(CO)C(O)C(O)C1O. The average Bonchev–Trinajstić information content (AvgIpc) is 2.48. The Morgan fingerprint density at radius 3 is 2.18 bits per heavy atom. The number of ether oxygens (including phenoxy) is 1. The quantitative estimate of drug-likeness (QED) is 0.548. The van der Waals surface area contributed by atoms with Crippen LogP contribution in [-0.2, 0) is 4.74 Å². The van der Waals surface area contributed by atoms with Crippen molar-refractivity contribution in [2.24, 2.45) is 5.92 Å². The smallest absolute Gasteiger partial charge is 0.111 e. The van der Waals surface area contributed by atoms with Crippen LogP contribution in [0.4, 0.5) is 0 Å². The normalized spacial score (nSPS) is 33.6. The van der Waals surface area contributed by atoms with E-state index in [0.717, 1.165) is 5.57 Å². The van der Waals surface area contributed by atoms with E-state index in [-0.39, 0.29) is 0 Å². The highest BCUT2D eigenvalue weighted by Gasteiger charge is 2.43. The first-order valence-electron chi connectivity index (χ1n) is 7.64. The van der Waals surface area contributed by atoms with Gasteiger partial charge in [0.15, 0.2) is 0 Å². The summed E-state index contributed by atoms with van der Waals surface area (Å²) in [6.07, 6.45) is 0.713. The Morgan fingerprint density at radius 1 is 1.09 bits per heavy atom. The zero-order valence-electron chi connectivity index (χ0n) is 13.5. The van der Waals surface area contributed by atoms with E-state index >= 15 is 0 Å². The second-order valence-corrected chi connectivity index (χ2v) is 6.01. The van der Waals surface area contributed by atoms with Crippen LogP contribution in [0.2, 0.25) is 0 Å². The Bertz CT molecular complexity index is 425. The molecule has 5 heteroatoms. The number of hydrogen-bond donors (Lipinski definition) is 4. The molecule has 22 heavy (non-hydrogen) atoms. The highest BCUT2D eigenvalue weighted by molar-refractivity contribution is 5.27. The van der Waals surface area contributed by atoms with Gasteiger partial charge in [-0.2, -0.15) is 0 Å². The lowest BCUT2D eigenvalue weighted by atomic mass is 9.91. The lowest BCUT2D eigenvalue weighted by Crippen LogP contribution is -2.58. The van der Waals surface area contributed by atoms with Crippen LogP contribution < -0.4 is 0 Å². The van der Waals surface area contributed by atoms with Gasteiger partial charge in [-0.15, -0.1) is 0 Å². The maximum absolute atomic E-state index is 9.99. The van der Waals surface area contributed by atoms with Crippen molar-refractivity contribution < 1.29 is 25.2 Å². The molecule has 0 saturated carbocycles. The van der Waals surface area contributed by atoms with Crippen molar-refractivity contribution in [3.8, 4) is 0 Å². The summed E-state index contributed by atoms with van der Waals surface area (Å²) in [5.41, 5.74) is 1.92. The predicted octanol–water partition coefficient (Wildman–Crippen LogP) is 0.934. The fourth-order valence-electron chi connectivity index (χ4n) is 2.51. The Labute approximate surface area is 132 Å². The highest BCUT2D eigenvalue weighted by atomic mass is 16.5. The minimum absolute atomic E-state index is 0.313. The first-order valence-corrected chi connectivity index (χ1v) is 7.64. The minimum Gasteiger partial charge on any atom is -0.394 e. The van der Waals surface area contributed by atoms with Gasteiger partial charge in [0.2, 0.25) is 0 Å². The Morgan fingerprint density at radius 2 is 1.68 bits per heavy atom. The summed E-state index contributed by atoms with van der Waals surface area (Å²) >= 11 is 0. The summed E-state index contributed by atoms with van der Waals surface area (Å²) in [6.45, 7) is 9.68. The molecule has 0 aliphatic carbocycles. The van der Waals surface area contributed by atoms with E-state index in [1.54, 1.807) is 0 Å². The number of rotatable bonds is 6. The minimum atomic E-state index is -1.34. The molecular formula is C17H28O5. The van der Waals surface area contributed by atoms with Gasteiger partial charge in [0.05, 0.1) is 12.7 Å². The molecule has 1 rings (SSSR count). The van der Waals surface area contributed by atoms with Crippen LogP contribution in [0.1, 0.15) is 27.2 Å². The van der Waals surface area contributed by atoms with Gasteiger partial charge >= 0.3 is 0 Å². The largest absolute Gasteiger partial charge is 0.394 e. The fourth-order valence-corrected chi connectivity index (χ4v) is 2.51. The van der Waals surface area contributed by atoms with Crippen LogP contribution in [0.3, 0.4) is 0 Å².